The van der Waals surface area contributed by atoms with Crippen LogP contribution in [0.15, 0.2) is 18.2 Å². The van der Waals surface area contributed by atoms with Gasteiger partial charge in [-0.15, -0.1) is 10.2 Å². The second-order valence-corrected chi connectivity index (χ2v) is 4.92. The van der Waals surface area contributed by atoms with Gasteiger partial charge in [0.05, 0.1) is 0 Å². The Kier molecular flexibility index (Phi) is 2.87. The highest BCUT2D eigenvalue weighted by molar-refractivity contribution is 5.60. The van der Waals surface area contributed by atoms with Gasteiger partial charge in [-0.2, -0.15) is 0 Å². The van der Waals surface area contributed by atoms with E-state index in [0.29, 0.717) is 23.9 Å². The molecule has 4 N–H and O–H groups in total. The van der Waals surface area contributed by atoms with Crippen LogP contribution in [0.2, 0.25) is 0 Å². The van der Waals surface area contributed by atoms with Crippen molar-refractivity contribution >= 4 is 0 Å². The van der Waals surface area contributed by atoms with Crippen molar-refractivity contribution in [3.05, 3.63) is 24.0 Å². The lowest BCUT2D eigenvalue weighted by molar-refractivity contribution is 0.391. The third kappa shape index (κ3) is 2.15. The maximum absolute atomic E-state index is 9.54. The number of phenols is 2. The summed E-state index contributed by atoms with van der Waals surface area (Å²) in [5, 5.41) is 27.4. The third-order valence-electron chi connectivity index (χ3n) is 3.55. The summed E-state index contributed by atoms with van der Waals surface area (Å²) in [5.41, 5.74) is 6.36. The van der Waals surface area contributed by atoms with Crippen molar-refractivity contribution in [1.29, 1.82) is 0 Å². The Morgan fingerprint density at radius 1 is 1.21 bits per heavy atom. The summed E-state index contributed by atoms with van der Waals surface area (Å²) >= 11 is 0. The fraction of sp³-hybridized carbons (Fsp3) is 0.385. The van der Waals surface area contributed by atoms with Gasteiger partial charge >= 0.3 is 0 Å². The fourth-order valence-electron chi connectivity index (χ4n) is 2.53. The Hall–Kier alpha value is -2.08. The van der Waals surface area contributed by atoms with E-state index in [0.717, 1.165) is 25.2 Å². The van der Waals surface area contributed by atoms with Crippen LogP contribution in [-0.2, 0) is 13.0 Å². The molecule has 1 atom stereocenters. The number of aromatic hydroxyl groups is 2. The Morgan fingerprint density at radius 3 is 2.63 bits per heavy atom. The molecule has 0 bridgehead atoms. The van der Waals surface area contributed by atoms with Crippen LogP contribution in [0.3, 0.4) is 0 Å². The molecule has 0 aliphatic carbocycles. The second-order valence-electron chi connectivity index (χ2n) is 4.92. The summed E-state index contributed by atoms with van der Waals surface area (Å²) in [6.07, 6.45) is 1.83. The van der Waals surface area contributed by atoms with E-state index in [1.165, 1.54) is 6.07 Å². The van der Waals surface area contributed by atoms with Crippen molar-refractivity contribution in [1.82, 2.24) is 14.8 Å². The number of benzene rings is 1. The SMILES string of the molecule is NCC1CCn2c(nnc2-c2cc(O)cc(O)c2)C1. The molecule has 6 heteroatoms. The number of aromatic nitrogens is 3. The monoisotopic (exact) mass is 260 g/mol. The molecule has 1 aliphatic rings. The summed E-state index contributed by atoms with van der Waals surface area (Å²) in [4.78, 5) is 0. The van der Waals surface area contributed by atoms with Gasteiger partial charge in [-0.25, -0.2) is 0 Å². The van der Waals surface area contributed by atoms with Crippen LogP contribution in [0.5, 0.6) is 11.5 Å². The van der Waals surface area contributed by atoms with Crippen LogP contribution in [0.25, 0.3) is 11.4 Å². The minimum Gasteiger partial charge on any atom is -0.508 e. The van der Waals surface area contributed by atoms with E-state index in [-0.39, 0.29) is 11.5 Å². The van der Waals surface area contributed by atoms with Gasteiger partial charge in [0.25, 0.3) is 0 Å². The molecule has 6 nitrogen and oxygen atoms in total. The fourth-order valence-corrected chi connectivity index (χ4v) is 2.53. The lowest BCUT2D eigenvalue weighted by Crippen LogP contribution is -2.25. The Labute approximate surface area is 110 Å². The number of phenolic OH excluding ortho intramolecular Hbond substituents is 2. The van der Waals surface area contributed by atoms with Gasteiger partial charge in [0, 0.05) is 24.6 Å². The van der Waals surface area contributed by atoms with Crippen LogP contribution in [0.1, 0.15) is 12.2 Å². The number of fused-ring (bicyclic) bond motifs is 1. The lowest BCUT2D eigenvalue weighted by Gasteiger charge is -2.22. The summed E-state index contributed by atoms with van der Waals surface area (Å²) < 4.78 is 2.03. The van der Waals surface area contributed by atoms with E-state index in [4.69, 9.17) is 5.73 Å². The topological polar surface area (TPSA) is 97.2 Å². The van der Waals surface area contributed by atoms with E-state index in [1.807, 2.05) is 4.57 Å². The zero-order valence-corrected chi connectivity index (χ0v) is 10.5. The molecule has 2 heterocycles. The van der Waals surface area contributed by atoms with Crippen LogP contribution in [0.4, 0.5) is 0 Å². The molecule has 0 spiro atoms. The van der Waals surface area contributed by atoms with E-state index < -0.39 is 0 Å². The number of nitrogens with two attached hydrogens (primary N) is 1. The van der Waals surface area contributed by atoms with E-state index in [2.05, 4.69) is 10.2 Å². The molecule has 0 saturated heterocycles. The van der Waals surface area contributed by atoms with Crippen LogP contribution < -0.4 is 5.73 Å². The summed E-state index contributed by atoms with van der Waals surface area (Å²) in [7, 11) is 0. The van der Waals surface area contributed by atoms with Crippen molar-refractivity contribution in [3.63, 3.8) is 0 Å². The number of nitrogens with zero attached hydrogens (tertiary/aromatic N) is 3. The average molecular weight is 260 g/mol. The van der Waals surface area contributed by atoms with E-state index >= 15 is 0 Å². The van der Waals surface area contributed by atoms with Gasteiger partial charge in [-0.1, -0.05) is 0 Å². The average Bonchev–Trinajstić information content (AvgIpc) is 2.80. The zero-order chi connectivity index (χ0) is 13.4. The molecule has 1 aromatic carbocycles. The van der Waals surface area contributed by atoms with Gasteiger partial charge < -0.3 is 20.5 Å². The Balaban J connectivity index is 2.01. The first-order valence-electron chi connectivity index (χ1n) is 6.33. The minimum atomic E-state index is 0.0167. The van der Waals surface area contributed by atoms with Gasteiger partial charge in [0.2, 0.25) is 0 Å². The predicted octanol–water partition coefficient (Wildman–Crippen LogP) is 0.877. The minimum absolute atomic E-state index is 0.0167. The highest BCUT2D eigenvalue weighted by atomic mass is 16.3. The van der Waals surface area contributed by atoms with Crippen molar-refractivity contribution < 1.29 is 10.2 Å². The van der Waals surface area contributed by atoms with Crippen molar-refractivity contribution in [3.8, 4) is 22.9 Å². The largest absolute Gasteiger partial charge is 0.508 e. The molecule has 3 rings (SSSR count). The molecule has 19 heavy (non-hydrogen) atoms. The third-order valence-corrected chi connectivity index (χ3v) is 3.55. The predicted molar refractivity (Wildman–Crippen MR) is 69.7 cm³/mol. The van der Waals surface area contributed by atoms with Gasteiger partial charge in [-0.3, -0.25) is 0 Å². The van der Waals surface area contributed by atoms with Gasteiger partial charge in [-0.05, 0) is 31.0 Å². The smallest absolute Gasteiger partial charge is 0.164 e. The zero-order valence-electron chi connectivity index (χ0n) is 10.5. The number of hydrogen-bond acceptors (Lipinski definition) is 5. The molecular formula is C13H16N4O2. The summed E-state index contributed by atoms with van der Waals surface area (Å²) in [5.74, 6) is 2.09. The lowest BCUT2D eigenvalue weighted by atomic mass is 9.98. The summed E-state index contributed by atoms with van der Waals surface area (Å²) in [6.45, 7) is 1.48. The van der Waals surface area contributed by atoms with Crippen molar-refractivity contribution in [2.24, 2.45) is 11.7 Å². The van der Waals surface area contributed by atoms with Crippen LogP contribution in [-0.4, -0.2) is 31.5 Å². The molecule has 0 radical (unpaired) electrons. The second kappa shape index (κ2) is 4.55. The maximum Gasteiger partial charge on any atom is 0.164 e. The first-order chi connectivity index (χ1) is 9.17. The highest BCUT2D eigenvalue weighted by Gasteiger charge is 2.23. The molecule has 1 aromatic heterocycles. The van der Waals surface area contributed by atoms with Crippen molar-refractivity contribution in [2.75, 3.05) is 6.54 Å². The van der Waals surface area contributed by atoms with Crippen LogP contribution in [0, 0.1) is 5.92 Å². The molecule has 0 amide bonds. The maximum atomic E-state index is 9.54. The molecule has 1 aliphatic heterocycles. The first-order valence-corrected chi connectivity index (χ1v) is 6.33. The Bertz CT molecular complexity index is 588. The van der Waals surface area contributed by atoms with Crippen LogP contribution >= 0.6 is 0 Å². The quantitative estimate of drug-likeness (QED) is 0.744. The molecular weight excluding hydrogens is 244 g/mol. The Morgan fingerprint density at radius 2 is 1.95 bits per heavy atom. The van der Waals surface area contributed by atoms with E-state index in [1.54, 1.807) is 12.1 Å². The molecule has 0 saturated carbocycles. The highest BCUT2D eigenvalue weighted by Crippen LogP contribution is 2.30. The molecule has 1 unspecified atom stereocenters. The first kappa shape index (κ1) is 12.0. The normalized spacial score (nSPS) is 18.3. The number of hydrogen-bond donors (Lipinski definition) is 3. The molecule has 2 aromatic rings. The standard InChI is InChI=1S/C13H16N4O2/c14-7-8-1-2-17-12(3-8)15-16-13(17)9-4-10(18)6-11(19)5-9/h4-6,8,18-19H,1-3,7,14H2. The van der Waals surface area contributed by atoms with Gasteiger partial charge in [0.15, 0.2) is 5.82 Å². The summed E-state index contributed by atoms with van der Waals surface area (Å²) in [6, 6.07) is 4.44. The van der Waals surface area contributed by atoms with Gasteiger partial charge in [0.1, 0.15) is 17.3 Å². The molecule has 0 fully saturated rings. The number of rotatable bonds is 2. The molecule has 100 valence electrons. The van der Waals surface area contributed by atoms with E-state index in [9.17, 15) is 10.2 Å². The van der Waals surface area contributed by atoms with Crippen molar-refractivity contribution in [2.45, 2.75) is 19.4 Å².